The van der Waals surface area contributed by atoms with Gasteiger partial charge in [-0.3, -0.25) is 0 Å². The van der Waals surface area contributed by atoms with Gasteiger partial charge in [-0.1, -0.05) is 115 Å². The molecule has 32 heavy (non-hydrogen) atoms. The molecule has 0 bridgehead atoms. The maximum Gasteiger partial charge on any atom is 0.00645 e. The summed E-state index contributed by atoms with van der Waals surface area (Å²) in [4.78, 5) is 0. The lowest BCUT2D eigenvalue weighted by molar-refractivity contribution is 0.817. The van der Waals surface area contributed by atoms with E-state index in [0.29, 0.717) is 5.92 Å². The van der Waals surface area contributed by atoms with E-state index in [1.807, 2.05) is 0 Å². The fraction of sp³-hybridized carbons (Fsp3) is 0.125. The van der Waals surface area contributed by atoms with Crippen molar-refractivity contribution >= 4 is 27.1 Å². The predicted molar refractivity (Wildman–Crippen MR) is 137 cm³/mol. The molecular weight excluding hydrogens is 384 g/mol. The van der Waals surface area contributed by atoms with Crippen LogP contribution in [0.5, 0.6) is 0 Å². The normalized spacial score (nSPS) is 15.5. The highest BCUT2D eigenvalue weighted by Gasteiger charge is 2.25. The molecule has 0 saturated carbocycles. The molecule has 0 saturated heterocycles. The van der Waals surface area contributed by atoms with Crippen LogP contribution in [-0.2, 0) is 12.8 Å². The maximum atomic E-state index is 2.48. The monoisotopic (exact) mass is 410 g/mol. The number of hydrogen-bond acceptors (Lipinski definition) is 0. The van der Waals surface area contributed by atoms with Gasteiger partial charge < -0.3 is 0 Å². The summed E-state index contributed by atoms with van der Waals surface area (Å²) in [5, 5.41) is 5.60. The molecule has 1 aliphatic carbocycles. The molecule has 154 valence electrons. The average molecular weight is 411 g/mol. The molecule has 0 heteroatoms. The molecule has 0 nitrogen and oxygen atoms in total. The van der Waals surface area contributed by atoms with E-state index in [1.165, 1.54) is 49.4 Å². The first-order valence-corrected chi connectivity index (χ1v) is 11.6. The van der Waals surface area contributed by atoms with Crippen molar-refractivity contribution in [3.8, 4) is 0 Å². The van der Waals surface area contributed by atoms with E-state index in [9.17, 15) is 0 Å². The number of benzene rings is 5. The molecular formula is C32H26. The first-order valence-electron chi connectivity index (χ1n) is 11.6. The molecule has 5 aromatic rings. The van der Waals surface area contributed by atoms with Crippen LogP contribution in [0.1, 0.15) is 34.6 Å². The number of aryl methyl sites for hydroxylation is 2. The third-order valence-corrected chi connectivity index (χ3v) is 6.94. The number of allylic oxidation sites excluding steroid dienone is 2. The number of hydrogen-bond donors (Lipinski definition) is 0. The Morgan fingerprint density at radius 3 is 1.62 bits per heavy atom. The molecule has 0 fully saturated rings. The smallest absolute Gasteiger partial charge is 0.00645 e. The molecule has 1 unspecified atom stereocenters. The van der Waals surface area contributed by atoms with Crippen molar-refractivity contribution in [2.24, 2.45) is 0 Å². The van der Waals surface area contributed by atoms with Gasteiger partial charge in [0.25, 0.3) is 0 Å². The summed E-state index contributed by atoms with van der Waals surface area (Å²) in [6.07, 6.45) is 5.71. The second-order valence-electron chi connectivity index (χ2n) is 8.84. The lowest BCUT2D eigenvalue weighted by Crippen LogP contribution is -2.09. The predicted octanol–water partition coefficient (Wildman–Crippen LogP) is 8.35. The molecule has 0 radical (unpaired) electrons. The van der Waals surface area contributed by atoms with Crippen molar-refractivity contribution in [1.29, 1.82) is 0 Å². The minimum absolute atomic E-state index is 0.529. The molecule has 0 amide bonds. The fourth-order valence-corrected chi connectivity index (χ4v) is 5.29. The largest absolute Gasteiger partial charge is 0.0728 e. The van der Waals surface area contributed by atoms with Gasteiger partial charge in [-0.15, -0.1) is 0 Å². The van der Waals surface area contributed by atoms with Crippen molar-refractivity contribution in [3.05, 3.63) is 138 Å². The van der Waals surface area contributed by atoms with Crippen LogP contribution < -0.4 is 0 Å². The lowest BCUT2D eigenvalue weighted by Gasteiger charge is -2.29. The minimum atomic E-state index is 0.529. The highest BCUT2D eigenvalue weighted by molar-refractivity contribution is 6.12. The molecule has 0 N–H and O–H groups in total. The second kappa shape index (κ2) is 8.13. The van der Waals surface area contributed by atoms with Gasteiger partial charge >= 0.3 is 0 Å². The van der Waals surface area contributed by atoms with Crippen molar-refractivity contribution in [2.45, 2.75) is 25.2 Å². The molecule has 0 spiro atoms. The lowest BCUT2D eigenvalue weighted by atomic mass is 9.75. The summed E-state index contributed by atoms with van der Waals surface area (Å²) in [5.41, 5.74) is 7.22. The van der Waals surface area contributed by atoms with Crippen LogP contribution >= 0.6 is 0 Å². The van der Waals surface area contributed by atoms with Crippen LogP contribution in [0.4, 0.5) is 0 Å². The first-order chi connectivity index (χ1) is 15.9. The molecule has 1 atom stereocenters. The van der Waals surface area contributed by atoms with Crippen molar-refractivity contribution in [2.75, 3.05) is 0 Å². The van der Waals surface area contributed by atoms with Gasteiger partial charge in [0, 0.05) is 5.92 Å². The van der Waals surface area contributed by atoms with Crippen LogP contribution in [0.2, 0.25) is 0 Å². The van der Waals surface area contributed by atoms with Gasteiger partial charge in [0.2, 0.25) is 0 Å². The standard InChI is InChI=1S/C32H26/c1-3-11-23(12-4-1)19-20-29-27-15-7-9-17-30(27)32(31-18-10-8-16-28(29)31)26-21-25(22-26)24-13-5-2-6-14-24/h1-18,21,25H,19-20,22H2. The van der Waals surface area contributed by atoms with Gasteiger partial charge in [0.15, 0.2) is 0 Å². The van der Waals surface area contributed by atoms with Crippen LogP contribution in [0.15, 0.2) is 115 Å². The Morgan fingerprint density at radius 1 is 0.531 bits per heavy atom. The Kier molecular flexibility index (Phi) is 4.85. The van der Waals surface area contributed by atoms with E-state index < -0.39 is 0 Å². The third-order valence-electron chi connectivity index (χ3n) is 6.94. The average Bonchev–Trinajstić information content (AvgIpc) is 2.83. The van der Waals surface area contributed by atoms with Crippen molar-refractivity contribution in [3.63, 3.8) is 0 Å². The molecule has 0 aromatic heterocycles. The Balaban J connectivity index is 1.49. The second-order valence-corrected chi connectivity index (χ2v) is 8.84. The highest BCUT2D eigenvalue weighted by Crippen LogP contribution is 2.46. The minimum Gasteiger partial charge on any atom is -0.0728 e. The summed E-state index contributed by atoms with van der Waals surface area (Å²) in [7, 11) is 0. The van der Waals surface area contributed by atoms with E-state index >= 15 is 0 Å². The number of rotatable bonds is 5. The maximum absolute atomic E-state index is 2.48. The Hall–Kier alpha value is -3.64. The summed E-state index contributed by atoms with van der Waals surface area (Å²) in [6.45, 7) is 0. The van der Waals surface area contributed by atoms with E-state index in [1.54, 1.807) is 0 Å². The SMILES string of the molecule is C1=C(c2c3ccccc3c(CCc3ccccc3)c3ccccc23)CC1c1ccccc1. The molecule has 0 heterocycles. The zero-order valence-corrected chi connectivity index (χ0v) is 18.2. The molecule has 1 aliphatic rings. The van der Waals surface area contributed by atoms with Crippen LogP contribution in [0, 0.1) is 0 Å². The van der Waals surface area contributed by atoms with Gasteiger partial charge in [0.05, 0.1) is 0 Å². The van der Waals surface area contributed by atoms with E-state index in [4.69, 9.17) is 0 Å². The highest BCUT2D eigenvalue weighted by atomic mass is 14.3. The van der Waals surface area contributed by atoms with Crippen molar-refractivity contribution < 1.29 is 0 Å². The molecule has 6 rings (SSSR count). The third kappa shape index (κ3) is 3.33. The summed E-state index contributed by atoms with van der Waals surface area (Å²) in [5.74, 6) is 0.529. The summed E-state index contributed by atoms with van der Waals surface area (Å²) in [6, 6.07) is 39.8. The van der Waals surface area contributed by atoms with E-state index in [-0.39, 0.29) is 0 Å². The van der Waals surface area contributed by atoms with E-state index in [2.05, 4.69) is 115 Å². The van der Waals surface area contributed by atoms with Crippen molar-refractivity contribution in [1.82, 2.24) is 0 Å². The van der Waals surface area contributed by atoms with Crippen LogP contribution in [0.25, 0.3) is 27.1 Å². The summed E-state index contributed by atoms with van der Waals surface area (Å²) >= 11 is 0. The molecule has 0 aliphatic heterocycles. The van der Waals surface area contributed by atoms with Gasteiger partial charge in [-0.25, -0.2) is 0 Å². The van der Waals surface area contributed by atoms with Crippen LogP contribution in [0.3, 0.4) is 0 Å². The van der Waals surface area contributed by atoms with Gasteiger partial charge in [-0.2, -0.15) is 0 Å². The van der Waals surface area contributed by atoms with E-state index in [0.717, 1.165) is 19.3 Å². The first kappa shape index (κ1) is 19.1. The van der Waals surface area contributed by atoms with Crippen LogP contribution in [-0.4, -0.2) is 0 Å². The topological polar surface area (TPSA) is 0 Å². The van der Waals surface area contributed by atoms with Gasteiger partial charge in [0.1, 0.15) is 0 Å². The number of fused-ring (bicyclic) bond motifs is 2. The summed E-state index contributed by atoms with van der Waals surface area (Å²) < 4.78 is 0. The fourth-order valence-electron chi connectivity index (χ4n) is 5.29. The zero-order chi connectivity index (χ0) is 21.3. The Bertz CT molecular complexity index is 1370. The quantitative estimate of drug-likeness (QED) is 0.255. The Morgan fingerprint density at radius 2 is 1.03 bits per heavy atom. The zero-order valence-electron chi connectivity index (χ0n) is 18.2. The molecule has 5 aromatic carbocycles. The Labute approximate surface area is 189 Å². The van der Waals surface area contributed by atoms with Gasteiger partial charge in [-0.05, 0) is 68.6 Å².